The number of carbonyl (C=O) groups excluding carboxylic acids is 2. The van der Waals surface area contributed by atoms with Crippen molar-refractivity contribution in [1.82, 2.24) is 9.88 Å². The van der Waals surface area contributed by atoms with Crippen LogP contribution >= 0.6 is 11.8 Å². The maximum absolute atomic E-state index is 12.5. The fraction of sp³-hybridized carbons (Fsp3) is 0.238. The first-order chi connectivity index (χ1) is 12.7. The van der Waals surface area contributed by atoms with Crippen molar-refractivity contribution in [3.63, 3.8) is 0 Å². The fourth-order valence-corrected chi connectivity index (χ4v) is 4.10. The number of H-pyrrole nitrogens is 1. The van der Waals surface area contributed by atoms with Crippen LogP contribution in [0.5, 0.6) is 0 Å². The van der Waals surface area contributed by atoms with E-state index < -0.39 is 0 Å². The molecule has 0 bridgehead atoms. The van der Waals surface area contributed by atoms with E-state index >= 15 is 0 Å². The monoisotopic (exact) mass is 364 g/mol. The normalized spacial score (nSPS) is 14.1. The molecule has 1 fully saturated rings. The van der Waals surface area contributed by atoms with Gasteiger partial charge in [-0.15, -0.1) is 11.8 Å². The molecule has 4 rings (SSSR count). The molecule has 0 spiro atoms. The predicted molar refractivity (Wildman–Crippen MR) is 105 cm³/mol. The van der Waals surface area contributed by atoms with E-state index in [0.29, 0.717) is 17.0 Å². The van der Waals surface area contributed by atoms with Crippen molar-refractivity contribution < 1.29 is 9.59 Å². The van der Waals surface area contributed by atoms with Gasteiger partial charge in [0.2, 0.25) is 0 Å². The minimum atomic E-state index is -0.0104. The van der Waals surface area contributed by atoms with Crippen LogP contribution in [-0.2, 0) is 0 Å². The number of amides is 1. The molecule has 0 aliphatic carbocycles. The Hall–Kier alpha value is -2.53. The Morgan fingerprint density at radius 1 is 1.00 bits per heavy atom. The van der Waals surface area contributed by atoms with E-state index in [4.69, 9.17) is 0 Å². The zero-order chi connectivity index (χ0) is 17.9. The molecule has 0 atom stereocenters. The molecular formula is C21H20N2O2S. The minimum absolute atomic E-state index is 0.0104. The number of carbonyl (C=O) groups is 2. The molecule has 2 heterocycles. The van der Waals surface area contributed by atoms with E-state index in [1.54, 1.807) is 12.3 Å². The van der Waals surface area contributed by atoms with Crippen molar-refractivity contribution in [2.75, 3.05) is 18.8 Å². The summed E-state index contributed by atoms with van der Waals surface area (Å²) in [5, 5.41) is 2.36. The van der Waals surface area contributed by atoms with Crippen LogP contribution in [0.15, 0.2) is 59.6 Å². The summed E-state index contributed by atoms with van der Waals surface area (Å²) in [5.41, 5.74) is 1.08. The van der Waals surface area contributed by atoms with Gasteiger partial charge in [-0.2, -0.15) is 0 Å². The Labute approximate surface area is 156 Å². The zero-order valence-corrected chi connectivity index (χ0v) is 15.2. The number of benzene rings is 2. The van der Waals surface area contributed by atoms with Crippen molar-refractivity contribution in [2.24, 2.45) is 0 Å². The molecule has 1 saturated heterocycles. The van der Waals surface area contributed by atoms with E-state index in [2.05, 4.69) is 29.2 Å². The summed E-state index contributed by atoms with van der Waals surface area (Å²) in [4.78, 5) is 30.7. The van der Waals surface area contributed by atoms with Gasteiger partial charge in [0.05, 0.1) is 5.75 Å². The Bertz CT molecular complexity index is 957. The summed E-state index contributed by atoms with van der Waals surface area (Å²) in [7, 11) is 0. The smallest absolute Gasteiger partial charge is 0.270 e. The van der Waals surface area contributed by atoms with Gasteiger partial charge in [-0.25, -0.2) is 0 Å². The third-order valence-corrected chi connectivity index (χ3v) is 5.71. The topological polar surface area (TPSA) is 53.2 Å². The fourth-order valence-electron chi connectivity index (χ4n) is 3.26. The second kappa shape index (κ2) is 7.38. The van der Waals surface area contributed by atoms with Crippen molar-refractivity contribution in [3.8, 4) is 0 Å². The summed E-state index contributed by atoms with van der Waals surface area (Å²) in [5.74, 6) is 0.372. The Balaban J connectivity index is 1.40. The molecular weight excluding hydrogens is 344 g/mol. The van der Waals surface area contributed by atoms with Crippen LogP contribution in [0.1, 0.15) is 33.7 Å². The van der Waals surface area contributed by atoms with Crippen LogP contribution in [0.3, 0.4) is 0 Å². The van der Waals surface area contributed by atoms with Crippen LogP contribution in [-0.4, -0.2) is 40.4 Å². The van der Waals surface area contributed by atoms with Gasteiger partial charge in [0.1, 0.15) is 5.69 Å². The molecule has 0 unspecified atom stereocenters. The summed E-state index contributed by atoms with van der Waals surface area (Å²) in [6.45, 7) is 1.61. The quantitative estimate of drug-likeness (QED) is 0.540. The molecule has 1 aromatic heterocycles. The van der Waals surface area contributed by atoms with E-state index in [1.165, 1.54) is 22.5 Å². The van der Waals surface area contributed by atoms with E-state index in [1.807, 2.05) is 23.1 Å². The average molecular weight is 364 g/mol. The number of hydrogen-bond donors (Lipinski definition) is 1. The van der Waals surface area contributed by atoms with Gasteiger partial charge in [-0.05, 0) is 41.8 Å². The number of aromatic nitrogens is 1. The molecule has 1 amide bonds. The maximum atomic E-state index is 12.5. The van der Waals surface area contributed by atoms with Crippen molar-refractivity contribution in [1.29, 1.82) is 0 Å². The van der Waals surface area contributed by atoms with Crippen molar-refractivity contribution in [2.45, 2.75) is 17.7 Å². The second-order valence-electron chi connectivity index (χ2n) is 6.52. The predicted octanol–water partition coefficient (Wildman–Crippen LogP) is 4.38. The Morgan fingerprint density at radius 3 is 2.58 bits per heavy atom. The number of rotatable bonds is 5. The second-order valence-corrected chi connectivity index (χ2v) is 7.57. The highest BCUT2D eigenvalue weighted by molar-refractivity contribution is 8.00. The number of thioether (sulfide) groups is 1. The van der Waals surface area contributed by atoms with Gasteiger partial charge < -0.3 is 9.88 Å². The number of aromatic amines is 1. The van der Waals surface area contributed by atoms with Gasteiger partial charge in [0.25, 0.3) is 5.91 Å². The zero-order valence-electron chi connectivity index (χ0n) is 14.4. The summed E-state index contributed by atoms with van der Waals surface area (Å²) >= 11 is 1.52. The van der Waals surface area contributed by atoms with E-state index in [9.17, 15) is 9.59 Å². The number of ketones is 1. The third kappa shape index (κ3) is 3.53. The van der Waals surface area contributed by atoms with E-state index in [-0.39, 0.29) is 11.7 Å². The minimum Gasteiger partial charge on any atom is -0.356 e. The first-order valence-corrected chi connectivity index (χ1v) is 9.82. The lowest BCUT2D eigenvalue weighted by molar-refractivity contribution is 0.0787. The van der Waals surface area contributed by atoms with Crippen LogP contribution in [0, 0.1) is 0 Å². The number of fused-ring (bicyclic) bond motifs is 1. The summed E-state index contributed by atoms with van der Waals surface area (Å²) in [6, 6.07) is 16.1. The lowest BCUT2D eigenvalue weighted by Gasteiger charge is -2.13. The molecule has 4 nitrogen and oxygen atoms in total. The average Bonchev–Trinajstić information content (AvgIpc) is 3.37. The van der Waals surface area contributed by atoms with Crippen LogP contribution in [0.25, 0.3) is 10.8 Å². The number of nitrogens with zero attached hydrogens (tertiary/aromatic N) is 1. The van der Waals surface area contributed by atoms with Crippen molar-refractivity contribution in [3.05, 3.63) is 66.0 Å². The molecule has 0 radical (unpaired) electrons. The summed E-state index contributed by atoms with van der Waals surface area (Å²) < 4.78 is 0. The third-order valence-electron chi connectivity index (χ3n) is 4.72. The first-order valence-electron chi connectivity index (χ1n) is 8.83. The lowest BCUT2D eigenvalue weighted by Crippen LogP contribution is -2.27. The van der Waals surface area contributed by atoms with Gasteiger partial charge in [0.15, 0.2) is 5.78 Å². The molecule has 0 saturated carbocycles. The van der Waals surface area contributed by atoms with Gasteiger partial charge in [0, 0.05) is 29.7 Å². The molecule has 3 aromatic rings. The van der Waals surface area contributed by atoms with Crippen LogP contribution in [0.4, 0.5) is 0 Å². The largest absolute Gasteiger partial charge is 0.356 e. The molecule has 132 valence electrons. The van der Waals surface area contributed by atoms with Gasteiger partial charge in [-0.1, -0.05) is 30.3 Å². The number of likely N-dealkylation sites (tertiary alicyclic amines) is 1. The Morgan fingerprint density at radius 2 is 1.77 bits per heavy atom. The first kappa shape index (κ1) is 16.9. The molecule has 1 aliphatic rings. The molecule has 26 heavy (non-hydrogen) atoms. The highest BCUT2D eigenvalue weighted by Crippen LogP contribution is 2.24. The molecule has 1 aliphatic heterocycles. The van der Waals surface area contributed by atoms with Gasteiger partial charge in [-0.3, -0.25) is 9.59 Å². The van der Waals surface area contributed by atoms with E-state index in [0.717, 1.165) is 30.8 Å². The SMILES string of the molecule is O=C(CSc1ccc2ccccc2c1)c1c[nH]c(C(=O)N2CCCC2)c1. The number of hydrogen-bond acceptors (Lipinski definition) is 3. The van der Waals surface area contributed by atoms with Crippen LogP contribution in [0.2, 0.25) is 0 Å². The molecule has 5 heteroatoms. The highest BCUT2D eigenvalue weighted by atomic mass is 32.2. The standard InChI is InChI=1S/C21H20N2O2S/c24-20(14-26-18-8-7-15-5-1-2-6-16(15)11-18)17-12-19(22-13-17)21(25)23-9-3-4-10-23/h1-2,5-8,11-13,22H,3-4,9-10,14H2. The highest BCUT2D eigenvalue weighted by Gasteiger charge is 2.21. The molecule has 2 aromatic carbocycles. The number of Topliss-reactive ketones (excluding diaryl/α,β-unsaturated/α-hetero) is 1. The Kier molecular flexibility index (Phi) is 4.80. The van der Waals surface area contributed by atoms with Gasteiger partial charge >= 0.3 is 0 Å². The lowest BCUT2D eigenvalue weighted by atomic mass is 10.1. The summed E-state index contributed by atoms with van der Waals surface area (Å²) in [6.07, 6.45) is 3.76. The maximum Gasteiger partial charge on any atom is 0.270 e. The van der Waals surface area contributed by atoms with Crippen molar-refractivity contribution >= 4 is 34.2 Å². The number of nitrogens with one attached hydrogen (secondary N) is 1. The molecule has 1 N–H and O–H groups in total. The van der Waals surface area contributed by atoms with Crippen LogP contribution < -0.4 is 0 Å².